The zero-order valence-corrected chi connectivity index (χ0v) is 13.9. The summed E-state index contributed by atoms with van der Waals surface area (Å²) < 4.78 is 26.6. The van der Waals surface area contributed by atoms with Crippen LogP contribution in [-0.2, 0) is 16.6 Å². The van der Waals surface area contributed by atoms with Gasteiger partial charge in [0.05, 0.1) is 10.3 Å². The Kier molecular flexibility index (Phi) is 5.17. The first-order valence-electron chi connectivity index (χ1n) is 7.07. The molecule has 0 unspecified atom stereocenters. The molecule has 7 heteroatoms. The Labute approximate surface area is 125 Å². The molecule has 0 spiro atoms. The van der Waals surface area contributed by atoms with Crippen molar-refractivity contribution in [3.05, 3.63) is 16.1 Å². The van der Waals surface area contributed by atoms with Crippen molar-refractivity contribution in [3.63, 3.8) is 0 Å². The van der Waals surface area contributed by atoms with Crippen LogP contribution >= 0.6 is 11.3 Å². The van der Waals surface area contributed by atoms with Gasteiger partial charge in [0.1, 0.15) is 0 Å². The van der Waals surface area contributed by atoms with Gasteiger partial charge in [0.15, 0.2) is 0 Å². The molecule has 0 saturated carbocycles. The van der Waals surface area contributed by atoms with Gasteiger partial charge in [-0.3, -0.25) is 4.90 Å². The molecule has 1 atom stereocenters. The van der Waals surface area contributed by atoms with Gasteiger partial charge in [0.2, 0.25) is 10.0 Å². The van der Waals surface area contributed by atoms with Gasteiger partial charge in [-0.15, -0.1) is 11.3 Å². The normalized spacial score (nSPS) is 20.9. The number of nitrogens with one attached hydrogen (secondary N) is 1. The third-order valence-corrected chi connectivity index (χ3v) is 6.69. The van der Waals surface area contributed by atoms with Crippen molar-refractivity contribution < 1.29 is 8.42 Å². The molecule has 0 bridgehead atoms. The van der Waals surface area contributed by atoms with Crippen LogP contribution in [0.2, 0.25) is 0 Å². The van der Waals surface area contributed by atoms with Crippen molar-refractivity contribution in [2.75, 3.05) is 19.6 Å². The van der Waals surface area contributed by atoms with Crippen molar-refractivity contribution in [1.29, 1.82) is 0 Å². The van der Waals surface area contributed by atoms with Gasteiger partial charge < -0.3 is 0 Å². The van der Waals surface area contributed by atoms with E-state index < -0.39 is 10.0 Å². The SMILES string of the molecule is CCNS(=O)(=O)[C@H]1CCN(Cc2cnc(C(C)C)s2)C1. The van der Waals surface area contributed by atoms with E-state index in [1.54, 1.807) is 11.3 Å². The highest BCUT2D eigenvalue weighted by molar-refractivity contribution is 7.90. The van der Waals surface area contributed by atoms with Crippen molar-refractivity contribution in [3.8, 4) is 0 Å². The van der Waals surface area contributed by atoms with Crippen LogP contribution in [0.1, 0.15) is 43.0 Å². The molecule has 1 saturated heterocycles. The molecule has 114 valence electrons. The van der Waals surface area contributed by atoms with Crippen molar-refractivity contribution in [2.24, 2.45) is 0 Å². The molecule has 0 aromatic carbocycles. The molecule has 0 aliphatic carbocycles. The average molecular weight is 317 g/mol. The van der Waals surface area contributed by atoms with E-state index >= 15 is 0 Å². The maximum Gasteiger partial charge on any atom is 0.215 e. The number of nitrogens with zero attached hydrogens (tertiary/aromatic N) is 2. The van der Waals surface area contributed by atoms with E-state index in [2.05, 4.69) is 28.5 Å². The molecule has 1 fully saturated rings. The van der Waals surface area contributed by atoms with Crippen LogP contribution < -0.4 is 4.72 Å². The first kappa shape index (κ1) is 15.9. The molecular weight excluding hydrogens is 294 g/mol. The summed E-state index contributed by atoms with van der Waals surface area (Å²) in [6, 6.07) is 0. The highest BCUT2D eigenvalue weighted by Gasteiger charge is 2.32. The summed E-state index contributed by atoms with van der Waals surface area (Å²) in [6.45, 7) is 8.81. The summed E-state index contributed by atoms with van der Waals surface area (Å²) in [4.78, 5) is 7.84. The van der Waals surface area contributed by atoms with E-state index in [9.17, 15) is 8.42 Å². The lowest BCUT2D eigenvalue weighted by Gasteiger charge is -2.15. The fraction of sp³-hybridized carbons (Fsp3) is 0.769. The van der Waals surface area contributed by atoms with Crippen molar-refractivity contribution >= 4 is 21.4 Å². The lowest BCUT2D eigenvalue weighted by molar-refractivity contribution is 0.334. The molecule has 1 aromatic heterocycles. The number of hydrogen-bond donors (Lipinski definition) is 1. The number of rotatable bonds is 6. The summed E-state index contributed by atoms with van der Waals surface area (Å²) >= 11 is 1.73. The molecule has 1 aromatic rings. The van der Waals surface area contributed by atoms with Crippen LogP contribution in [0.25, 0.3) is 0 Å². The fourth-order valence-corrected chi connectivity index (χ4v) is 4.82. The van der Waals surface area contributed by atoms with E-state index in [4.69, 9.17) is 0 Å². The summed E-state index contributed by atoms with van der Waals surface area (Å²) in [5.74, 6) is 0.453. The molecule has 20 heavy (non-hydrogen) atoms. The maximum absolute atomic E-state index is 12.0. The average Bonchev–Trinajstić information content (AvgIpc) is 2.98. The van der Waals surface area contributed by atoms with Gasteiger partial charge in [0.25, 0.3) is 0 Å². The first-order valence-corrected chi connectivity index (χ1v) is 9.44. The third-order valence-electron chi connectivity index (χ3n) is 3.46. The van der Waals surface area contributed by atoms with E-state index in [-0.39, 0.29) is 5.25 Å². The number of sulfonamides is 1. The number of aromatic nitrogens is 1. The Balaban J connectivity index is 1.93. The second-order valence-electron chi connectivity index (χ2n) is 5.51. The molecule has 0 amide bonds. The summed E-state index contributed by atoms with van der Waals surface area (Å²) in [6.07, 6.45) is 2.64. The second kappa shape index (κ2) is 6.51. The fourth-order valence-electron chi connectivity index (χ4n) is 2.40. The van der Waals surface area contributed by atoms with E-state index in [0.717, 1.165) is 18.1 Å². The molecule has 1 N–H and O–H groups in total. The van der Waals surface area contributed by atoms with Gasteiger partial charge in [0, 0.05) is 36.6 Å². The van der Waals surface area contributed by atoms with Crippen LogP contribution in [0.3, 0.4) is 0 Å². The van der Waals surface area contributed by atoms with E-state index in [0.29, 0.717) is 25.4 Å². The predicted octanol–water partition coefficient (Wildman–Crippen LogP) is 1.78. The first-order chi connectivity index (χ1) is 9.42. The quantitative estimate of drug-likeness (QED) is 0.869. The zero-order valence-electron chi connectivity index (χ0n) is 12.3. The van der Waals surface area contributed by atoms with Crippen molar-refractivity contribution in [2.45, 2.75) is 44.9 Å². The largest absolute Gasteiger partial charge is 0.297 e. The van der Waals surface area contributed by atoms with Crippen LogP contribution in [0.5, 0.6) is 0 Å². The van der Waals surface area contributed by atoms with Crippen LogP contribution in [0, 0.1) is 0 Å². The Bertz CT molecular complexity index is 540. The molecule has 0 radical (unpaired) electrons. The molecule has 1 aliphatic heterocycles. The highest BCUT2D eigenvalue weighted by Crippen LogP contribution is 2.24. The van der Waals surface area contributed by atoms with Crippen LogP contribution in [0.15, 0.2) is 6.20 Å². The molecule has 2 heterocycles. The smallest absolute Gasteiger partial charge is 0.215 e. The lowest BCUT2D eigenvalue weighted by Crippen LogP contribution is -2.36. The van der Waals surface area contributed by atoms with E-state index in [1.807, 2.05) is 13.1 Å². The second-order valence-corrected chi connectivity index (χ2v) is 8.70. The number of likely N-dealkylation sites (tertiary alicyclic amines) is 1. The Hall–Kier alpha value is -0.500. The number of hydrogen-bond acceptors (Lipinski definition) is 5. The minimum atomic E-state index is -3.15. The molecule has 2 rings (SSSR count). The molecular formula is C13H23N3O2S2. The lowest BCUT2D eigenvalue weighted by atomic mass is 10.2. The monoisotopic (exact) mass is 317 g/mol. The van der Waals surface area contributed by atoms with E-state index in [1.165, 1.54) is 4.88 Å². The number of thiazole rings is 1. The van der Waals surface area contributed by atoms with Gasteiger partial charge in [-0.05, 0) is 13.0 Å². The topological polar surface area (TPSA) is 62.3 Å². The highest BCUT2D eigenvalue weighted by atomic mass is 32.2. The third kappa shape index (κ3) is 3.78. The van der Waals surface area contributed by atoms with Crippen LogP contribution in [-0.4, -0.2) is 43.2 Å². The van der Waals surface area contributed by atoms with Gasteiger partial charge in [-0.1, -0.05) is 20.8 Å². The van der Waals surface area contributed by atoms with Gasteiger partial charge in [-0.2, -0.15) is 0 Å². The predicted molar refractivity (Wildman–Crippen MR) is 82.5 cm³/mol. The summed E-state index contributed by atoms with van der Waals surface area (Å²) in [7, 11) is -3.15. The Morgan fingerprint density at radius 3 is 2.90 bits per heavy atom. The minimum Gasteiger partial charge on any atom is -0.297 e. The van der Waals surface area contributed by atoms with Gasteiger partial charge >= 0.3 is 0 Å². The van der Waals surface area contributed by atoms with Crippen LogP contribution in [0.4, 0.5) is 0 Å². The zero-order chi connectivity index (χ0) is 14.8. The summed E-state index contributed by atoms with van der Waals surface area (Å²) in [5.41, 5.74) is 0. The molecule has 1 aliphatic rings. The Morgan fingerprint density at radius 2 is 2.30 bits per heavy atom. The van der Waals surface area contributed by atoms with Gasteiger partial charge in [-0.25, -0.2) is 18.1 Å². The van der Waals surface area contributed by atoms with Crippen molar-refractivity contribution in [1.82, 2.24) is 14.6 Å². The standard InChI is InChI=1S/C13H23N3O2S2/c1-4-15-20(17,18)12-5-6-16(9-12)8-11-7-14-13(19-11)10(2)3/h7,10,12,15H,4-6,8-9H2,1-3H3/t12-/m0/s1. The maximum atomic E-state index is 12.0. The molecule has 5 nitrogen and oxygen atoms in total. The summed E-state index contributed by atoms with van der Waals surface area (Å²) in [5, 5.41) is 0.871. The minimum absolute atomic E-state index is 0.278. The Morgan fingerprint density at radius 1 is 1.55 bits per heavy atom.